The normalized spacial score (nSPS) is 14.4. The molecule has 1 unspecified atom stereocenters. The smallest absolute Gasteiger partial charge is 0.367 e. The molecule has 1 aromatic carbocycles. The summed E-state index contributed by atoms with van der Waals surface area (Å²) in [5.41, 5.74) is 1.11. The van der Waals surface area contributed by atoms with E-state index in [1.807, 2.05) is 31.2 Å². The average molecular weight is 315 g/mol. The Hall–Kier alpha value is -1.47. The van der Waals surface area contributed by atoms with E-state index in [9.17, 15) is 9.00 Å². The van der Waals surface area contributed by atoms with Crippen LogP contribution in [-0.2, 0) is 23.6 Å². The first-order valence-electron chi connectivity index (χ1n) is 5.82. The number of ether oxygens (including phenoxy) is 1. The Morgan fingerprint density at radius 1 is 1.40 bits per heavy atom. The predicted octanol–water partition coefficient (Wildman–Crippen LogP) is 2.24. The van der Waals surface area contributed by atoms with Gasteiger partial charge in [0.05, 0.1) is 6.61 Å². The Labute approximate surface area is 123 Å². The Balaban J connectivity index is 2.92. The van der Waals surface area contributed by atoms with E-state index in [1.165, 1.54) is 6.26 Å². The molecule has 0 N–H and O–H groups in total. The summed E-state index contributed by atoms with van der Waals surface area (Å²) in [6.45, 7) is 3.88. The lowest BCUT2D eigenvalue weighted by molar-refractivity contribution is -0.134. The van der Waals surface area contributed by atoms with Crippen molar-refractivity contribution in [1.29, 1.82) is 0 Å². The number of hydrogen-bond acceptors (Lipinski definition) is 6. The van der Waals surface area contributed by atoms with Crippen LogP contribution in [0.4, 0.5) is 0 Å². The van der Waals surface area contributed by atoms with Crippen LogP contribution in [0.2, 0.25) is 0 Å². The van der Waals surface area contributed by atoms with Crippen molar-refractivity contribution in [3.63, 3.8) is 0 Å². The van der Waals surface area contributed by atoms with E-state index >= 15 is 0 Å². The van der Waals surface area contributed by atoms with Crippen LogP contribution in [-0.4, -0.2) is 34.0 Å². The lowest BCUT2D eigenvalue weighted by atomic mass is 10.2. The van der Waals surface area contributed by atoms with Crippen LogP contribution in [0.25, 0.3) is 0 Å². The first kappa shape index (κ1) is 16.6. The molecule has 0 heterocycles. The minimum atomic E-state index is -2.78. The highest BCUT2D eigenvalue weighted by atomic mass is 32.2. The third kappa shape index (κ3) is 6.12. The van der Waals surface area contributed by atoms with Gasteiger partial charge in [-0.2, -0.15) is 0 Å². The van der Waals surface area contributed by atoms with Gasteiger partial charge in [0.2, 0.25) is 5.04 Å². The van der Waals surface area contributed by atoms with Gasteiger partial charge in [-0.15, -0.1) is 0 Å². The van der Waals surface area contributed by atoms with Crippen LogP contribution in [0.15, 0.2) is 34.3 Å². The van der Waals surface area contributed by atoms with Crippen LogP contribution in [0, 0.1) is 6.92 Å². The molecule has 0 aromatic heterocycles. The van der Waals surface area contributed by atoms with Gasteiger partial charge in [0.25, 0.3) is 0 Å². The minimum absolute atomic E-state index is 0.0195. The molecule has 0 spiro atoms. The summed E-state index contributed by atoms with van der Waals surface area (Å²) in [5.74, 6) is 2.68. The molecule has 0 aliphatic heterocycles. The maximum absolute atomic E-state index is 11.8. The predicted molar refractivity (Wildman–Crippen MR) is 83.4 cm³/mol. The zero-order valence-corrected chi connectivity index (χ0v) is 13.3. The van der Waals surface area contributed by atoms with Crippen molar-refractivity contribution in [3.8, 4) is 0 Å². The van der Waals surface area contributed by atoms with Gasteiger partial charge in [-0.1, -0.05) is 34.6 Å². The number of thioether (sulfide) groups is 1. The SMILES string of the molecule is C=S(C)(=O)ON=C(Sc1ccc(C)cc1)C(=O)OCC. The van der Waals surface area contributed by atoms with Crippen LogP contribution >= 0.6 is 11.8 Å². The van der Waals surface area contributed by atoms with Gasteiger partial charge in [-0.25, -0.2) is 9.00 Å². The summed E-state index contributed by atoms with van der Waals surface area (Å²) >= 11 is 1.08. The molecule has 0 radical (unpaired) electrons. The molecule has 0 amide bonds. The third-order valence-electron chi connectivity index (χ3n) is 1.96. The van der Waals surface area contributed by atoms with E-state index < -0.39 is 15.8 Å². The molecular weight excluding hydrogens is 298 g/mol. The fraction of sp³-hybridized carbons (Fsp3) is 0.308. The molecule has 1 rings (SSSR count). The molecule has 20 heavy (non-hydrogen) atoms. The molecule has 0 saturated heterocycles. The molecule has 0 fully saturated rings. The second kappa shape index (κ2) is 7.35. The number of carbonyl (C=O) groups excluding carboxylic acids is 1. The van der Waals surface area contributed by atoms with Crippen LogP contribution in [0.5, 0.6) is 0 Å². The molecular formula is C13H17NO4S2. The largest absolute Gasteiger partial charge is 0.461 e. The van der Waals surface area contributed by atoms with Gasteiger partial charge in [0.15, 0.2) is 0 Å². The Kier molecular flexibility index (Phi) is 6.09. The highest BCUT2D eigenvalue weighted by Gasteiger charge is 2.16. The van der Waals surface area contributed by atoms with Gasteiger partial charge in [-0.3, -0.25) is 0 Å². The molecule has 0 bridgehead atoms. The zero-order valence-electron chi connectivity index (χ0n) is 11.6. The molecule has 0 saturated carbocycles. The van der Waals surface area contributed by atoms with Gasteiger partial charge < -0.3 is 9.02 Å². The summed E-state index contributed by atoms with van der Waals surface area (Å²) in [6.07, 6.45) is 1.29. The topological polar surface area (TPSA) is 65.0 Å². The van der Waals surface area contributed by atoms with Crippen LogP contribution < -0.4 is 0 Å². The van der Waals surface area contributed by atoms with E-state index in [0.29, 0.717) is 0 Å². The summed E-state index contributed by atoms with van der Waals surface area (Å²) in [6, 6.07) is 7.52. The van der Waals surface area contributed by atoms with Crippen molar-refractivity contribution in [2.45, 2.75) is 18.7 Å². The second-order valence-corrected chi connectivity index (χ2v) is 7.10. The maximum Gasteiger partial charge on any atom is 0.367 e. The van der Waals surface area contributed by atoms with Crippen molar-refractivity contribution < 1.29 is 18.0 Å². The van der Waals surface area contributed by atoms with E-state index in [1.54, 1.807) is 6.92 Å². The quantitative estimate of drug-likeness (QED) is 0.213. The number of aryl methyl sites for hydroxylation is 1. The minimum Gasteiger partial charge on any atom is -0.461 e. The second-order valence-electron chi connectivity index (χ2n) is 4.03. The molecule has 1 aromatic rings. The highest BCUT2D eigenvalue weighted by Crippen LogP contribution is 2.21. The number of carbonyl (C=O) groups is 1. The molecule has 1 atom stereocenters. The number of nitrogens with zero attached hydrogens (tertiary/aromatic N) is 1. The van der Waals surface area contributed by atoms with E-state index in [4.69, 9.17) is 9.02 Å². The van der Waals surface area contributed by atoms with E-state index in [0.717, 1.165) is 22.2 Å². The molecule has 5 nitrogen and oxygen atoms in total. The fourth-order valence-corrected chi connectivity index (χ4v) is 2.11. The molecule has 0 aliphatic rings. The number of benzene rings is 1. The Morgan fingerprint density at radius 2 is 2.00 bits per heavy atom. The lowest BCUT2D eigenvalue weighted by Crippen LogP contribution is -2.15. The zero-order chi connectivity index (χ0) is 15.2. The molecule has 110 valence electrons. The van der Waals surface area contributed by atoms with Gasteiger partial charge in [0, 0.05) is 11.2 Å². The molecule has 7 heteroatoms. The summed E-state index contributed by atoms with van der Waals surface area (Å²) in [7, 11) is -2.78. The van der Waals surface area contributed by atoms with Gasteiger partial charge in [0.1, 0.15) is 9.80 Å². The summed E-state index contributed by atoms with van der Waals surface area (Å²) < 4.78 is 21.0. The average Bonchev–Trinajstić information content (AvgIpc) is 2.36. The van der Waals surface area contributed by atoms with Crippen molar-refractivity contribution in [2.24, 2.45) is 5.16 Å². The monoisotopic (exact) mass is 315 g/mol. The van der Waals surface area contributed by atoms with Crippen LogP contribution in [0.3, 0.4) is 0 Å². The van der Waals surface area contributed by atoms with Crippen molar-refractivity contribution in [3.05, 3.63) is 29.8 Å². The highest BCUT2D eigenvalue weighted by molar-refractivity contribution is 8.15. The van der Waals surface area contributed by atoms with Gasteiger partial charge >= 0.3 is 5.97 Å². The van der Waals surface area contributed by atoms with Crippen LogP contribution in [0.1, 0.15) is 12.5 Å². The van der Waals surface area contributed by atoms with Crippen molar-refractivity contribution >= 4 is 38.4 Å². The number of esters is 1. The number of rotatable bonds is 4. The molecule has 0 aliphatic carbocycles. The van der Waals surface area contributed by atoms with Crippen molar-refractivity contribution in [1.82, 2.24) is 0 Å². The first-order chi connectivity index (χ1) is 9.31. The fourth-order valence-electron chi connectivity index (χ4n) is 1.12. The maximum atomic E-state index is 11.8. The number of oxime groups is 1. The summed E-state index contributed by atoms with van der Waals surface area (Å²) in [4.78, 5) is 12.6. The number of hydrogen-bond donors (Lipinski definition) is 0. The van der Waals surface area contributed by atoms with Crippen molar-refractivity contribution in [2.75, 3.05) is 12.9 Å². The summed E-state index contributed by atoms with van der Waals surface area (Å²) in [5, 5.41) is 3.58. The third-order valence-corrected chi connectivity index (χ3v) is 3.30. The van der Waals surface area contributed by atoms with E-state index in [-0.39, 0.29) is 11.7 Å². The first-order valence-corrected chi connectivity index (χ1v) is 8.70. The standard InChI is InChI=1S/C13H17NO4S2/c1-5-17-13(15)12(14-18-20(3,4)16)19-11-8-6-10(2)7-9-11/h6-9H,3,5H2,1-2,4H3. The van der Waals surface area contributed by atoms with Gasteiger partial charge in [-0.05, 0) is 31.9 Å². The Bertz CT molecular complexity index is 591. The lowest BCUT2D eigenvalue weighted by Gasteiger charge is -2.06. The Morgan fingerprint density at radius 3 is 2.50 bits per heavy atom. The van der Waals surface area contributed by atoms with E-state index in [2.05, 4.69) is 11.0 Å².